The summed E-state index contributed by atoms with van der Waals surface area (Å²) < 4.78 is 0. The third-order valence-electron chi connectivity index (χ3n) is 2.56. The summed E-state index contributed by atoms with van der Waals surface area (Å²) >= 11 is 1.70. The third kappa shape index (κ3) is 5.24. The first-order valence-electron chi connectivity index (χ1n) is 5.71. The number of thioether (sulfide) groups is 1. The fraction of sp³-hybridized carbons (Fsp3) is 0.462. The average Bonchev–Trinajstić information content (AvgIpc) is 2.34. The van der Waals surface area contributed by atoms with E-state index >= 15 is 0 Å². The maximum atomic E-state index is 11.6. The van der Waals surface area contributed by atoms with E-state index in [-0.39, 0.29) is 5.91 Å². The van der Waals surface area contributed by atoms with Gasteiger partial charge in [0.1, 0.15) is 0 Å². The van der Waals surface area contributed by atoms with Crippen LogP contribution in [0.5, 0.6) is 0 Å². The number of nitrogens with two attached hydrogens (primary N) is 1. The molecule has 1 aromatic carbocycles. The standard InChI is InChI=1S/C13H20N2OS/c1-10-3-5-11(6-4-10)9-15-13(16)12(14)7-8-17-2/h3-6,12H,7-9,14H2,1-2H3,(H,15,16). The second-order valence-electron chi connectivity index (χ2n) is 4.09. The van der Waals surface area contributed by atoms with E-state index in [1.54, 1.807) is 11.8 Å². The number of hydrogen-bond acceptors (Lipinski definition) is 3. The lowest BCUT2D eigenvalue weighted by atomic mass is 10.1. The fourth-order valence-corrected chi connectivity index (χ4v) is 1.89. The quantitative estimate of drug-likeness (QED) is 0.810. The highest BCUT2D eigenvalue weighted by Crippen LogP contribution is 2.03. The molecule has 4 heteroatoms. The second kappa shape index (κ2) is 7.35. The number of benzene rings is 1. The van der Waals surface area contributed by atoms with Gasteiger partial charge in [-0.05, 0) is 30.9 Å². The Hall–Kier alpha value is -1.00. The number of carbonyl (C=O) groups excluding carboxylic acids is 1. The molecule has 17 heavy (non-hydrogen) atoms. The van der Waals surface area contributed by atoms with Crippen molar-refractivity contribution in [3.8, 4) is 0 Å². The van der Waals surface area contributed by atoms with E-state index in [0.29, 0.717) is 6.54 Å². The summed E-state index contributed by atoms with van der Waals surface area (Å²) in [6.45, 7) is 2.59. The first-order valence-corrected chi connectivity index (χ1v) is 7.10. The molecule has 0 aliphatic heterocycles. The average molecular weight is 252 g/mol. The van der Waals surface area contributed by atoms with Gasteiger partial charge in [-0.15, -0.1) is 0 Å². The molecule has 0 radical (unpaired) electrons. The molecular weight excluding hydrogens is 232 g/mol. The molecule has 1 rings (SSSR count). The van der Waals surface area contributed by atoms with Crippen molar-refractivity contribution in [1.29, 1.82) is 0 Å². The zero-order valence-corrected chi connectivity index (χ0v) is 11.2. The number of rotatable bonds is 6. The molecule has 1 atom stereocenters. The van der Waals surface area contributed by atoms with Crippen molar-refractivity contribution < 1.29 is 4.79 Å². The molecule has 1 unspecified atom stereocenters. The van der Waals surface area contributed by atoms with Crippen molar-refractivity contribution in [3.05, 3.63) is 35.4 Å². The molecule has 0 fully saturated rings. The predicted molar refractivity (Wildman–Crippen MR) is 74.0 cm³/mol. The van der Waals surface area contributed by atoms with Crippen LogP contribution >= 0.6 is 11.8 Å². The Balaban J connectivity index is 2.34. The van der Waals surface area contributed by atoms with Crippen LogP contribution in [0.1, 0.15) is 17.5 Å². The SMILES string of the molecule is CSCCC(N)C(=O)NCc1ccc(C)cc1. The molecule has 94 valence electrons. The van der Waals surface area contributed by atoms with Crippen LogP contribution < -0.4 is 11.1 Å². The summed E-state index contributed by atoms with van der Waals surface area (Å²) in [6, 6.07) is 7.71. The zero-order chi connectivity index (χ0) is 12.7. The topological polar surface area (TPSA) is 55.1 Å². The van der Waals surface area contributed by atoms with Crippen LogP contribution in [-0.4, -0.2) is 24.0 Å². The molecule has 0 saturated heterocycles. The van der Waals surface area contributed by atoms with E-state index < -0.39 is 6.04 Å². The summed E-state index contributed by atoms with van der Waals surface area (Å²) in [5.41, 5.74) is 8.08. The van der Waals surface area contributed by atoms with Gasteiger partial charge >= 0.3 is 0 Å². The molecular formula is C13H20N2OS. The van der Waals surface area contributed by atoms with E-state index in [9.17, 15) is 4.79 Å². The first kappa shape index (κ1) is 14.1. The van der Waals surface area contributed by atoms with Crippen molar-refractivity contribution in [1.82, 2.24) is 5.32 Å². The summed E-state index contributed by atoms with van der Waals surface area (Å²) in [7, 11) is 0. The van der Waals surface area contributed by atoms with Crippen LogP contribution in [0.15, 0.2) is 24.3 Å². The van der Waals surface area contributed by atoms with Gasteiger partial charge in [0.05, 0.1) is 6.04 Å². The van der Waals surface area contributed by atoms with Crippen molar-refractivity contribution >= 4 is 17.7 Å². The van der Waals surface area contributed by atoms with Crippen LogP contribution in [0.3, 0.4) is 0 Å². The normalized spacial score (nSPS) is 12.2. The van der Waals surface area contributed by atoms with Gasteiger partial charge in [0.2, 0.25) is 5.91 Å². The number of nitrogens with one attached hydrogen (secondary N) is 1. The van der Waals surface area contributed by atoms with E-state index in [1.165, 1.54) is 5.56 Å². The Morgan fingerprint density at radius 2 is 2.06 bits per heavy atom. The van der Waals surface area contributed by atoms with Crippen LogP contribution in [0.4, 0.5) is 0 Å². The second-order valence-corrected chi connectivity index (χ2v) is 5.08. The highest BCUT2D eigenvalue weighted by Gasteiger charge is 2.11. The van der Waals surface area contributed by atoms with Gasteiger partial charge in [-0.1, -0.05) is 29.8 Å². The van der Waals surface area contributed by atoms with Gasteiger partial charge in [-0.3, -0.25) is 4.79 Å². The Labute approximate surface area is 107 Å². The van der Waals surface area contributed by atoms with E-state index in [1.807, 2.05) is 37.4 Å². The van der Waals surface area contributed by atoms with Crippen LogP contribution in [0.2, 0.25) is 0 Å². The first-order chi connectivity index (χ1) is 8.13. The van der Waals surface area contributed by atoms with Crippen LogP contribution in [0, 0.1) is 6.92 Å². The minimum atomic E-state index is -0.395. The minimum absolute atomic E-state index is 0.0698. The maximum absolute atomic E-state index is 11.6. The van der Waals surface area contributed by atoms with Gasteiger partial charge in [-0.2, -0.15) is 11.8 Å². The summed E-state index contributed by atoms with van der Waals surface area (Å²) in [4.78, 5) is 11.6. The minimum Gasteiger partial charge on any atom is -0.351 e. The van der Waals surface area contributed by atoms with Gasteiger partial charge < -0.3 is 11.1 Å². The molecule has 0 saturated carbocycles. The molecule has 1 amide bonds. The molecule has 0 heterocycles. The van der Waals surface area contributed by atoms with Crippen molar-refractivity contribution in [2.75, 3.05) is 12.0 Å². The van der Waals surface area contributed by atoms with Crippen molar-refractivity contribution in [2.24, 2.45) is 5.73 Å². The Morgan fingerprint density at radius 1 is 1.41 bits per heavy atom. The molecule has 0 spiro atoms. The van der Waals surface area contributed by atoms with E-state index in [0.717, 1.165) is 17.7 Å². The summed E-state index contributed by atoms with van der Waals surface area (Å²) in [5.74, 6) is 0.846. The number of carbonyl (C=O) groups is 1. The highest BCUT2D eigenvalue weighted by molar-refractivity contribution is 7.98. The van der Waals surface area contributed by atoms with Gasteiger partial charge in [0.25, 0.3) is 0 Å². The van der Waals surface area contributed by atoms with Crippen molar-refractivity contribution in [2.45, 2.75) is 25.9 Å². The Bertz CT molecular complexity index is 351. The van der Waals surface area contributed by atoms with E-state index in [2.05, 4.69) is 5.32 Å². The van der Waals surface area contributed by atoms with Gasteiger partial charge in [0.15, 0.2) is 0 Å². The van der Waals surface area contributed by atoms with Crippen LogP contribution in [0.25, 0.3) is 0 Å². The lowest BCUT2D eigenvalue weighted by Gasteiger charge is -2.11. The van der Waals surface area contributed by atoms with Gasteiger partial charge in [-0.25, -0.2) is 0 Å². The summed E-state index contributed by atoms with van der Waals surface area (Å²) in [6.07, 6.45) is 2.73. The lowest BCUT2D eigenvalue weighted by molar-refractivity contribution is -0.122. The monoisotopic (exact) mass is 252 g/mol. The zero-order valence-electron chi connectivity index (χ0n) is 10.4. The molecule has 0 aliphatic rings. The largest absolute Gasteiger partial charge is 0.351 e. The third-order valence-corrected chi connectivity index (χ3v) is 3.20. The molecule has 3 N–H and O–H groups in total. The Kier molecular flexibility index (Phi) is 6.08. The molecule has 0 aliphatic carbocycles. The van der Waals surface area contributed by atoms with Crippen molar-refractivity contribution in [3.63, 3.8) is 0 Å². The highest BCUT2D eigenvalue weighted by atomic mass is 32.2. The molecule has 0 aromatic heterocycles. The fourth-order valence-electron chi connectivity index (χ4n) is 1.40. The smallest absolute Gasteiger partial charge is 0.237 e. The molecule has 3 nitrogen and oxygen atoms in total. The Morgan fingerprint density at radius 3 is 2.65 bits per heavy atom. The van der Waals surface area contributed by atoms with E-state index in [4.69, 9.17) is 5.73 Å². The lowest BCUT2D eigenvalue weighted by Crippen LogP contribution is -2.40. The van der Waals surface area contributed by atoms with Gasteiger partial charge in [0, 0.05) is 6.54 Å². The summed E-state index contributed by atoms with van der Waals surface area (Å²) in [5, 5.41) is 2.85. The number of amides is 1. The number of hydrogen-bond donors (Lipinski definition) is 2. The van der Waals surface area contributed by atoms with Crippen LogP contribution in [-0.2, 0) is 11.3 Å². The molecule has 0 bridgehead atoms. The number of aryl methyl sites for hydroxylation is 1. The predicted octanol–water partition coefficient (Wildman–Crippen LogP) is 1.69. The molecule has 1 aromatic rings. The maximum Gasteiger partial charge on any atom is 0.237 e.